The zero-order valence-electron chi connectivity index (χ0n) is 13.1. The molecule has 2 rings (SSSR count). The highest BCUT2D eigenvalue weighted by molar-refractivity contribution is 6.36. The molecule has 0 radical (unpaired) electrons. The Labute approximate surface area is 163 Å². The van der Waals surface area contributed by atoms with Crippen LogP contribution in [0.5, 0.6) is 0 Å². The number of pyridine rings is 1. The molecule has 0 fully saturated rings. The average Bonchev–Trinajstić information content (AvgIpc) is 2.60. The van der Waals surface area contributed by atoms with Crippen molar-refractivity contribution in [2.75, 3.05) is 18.5 Å². The second-order valence-electron chi connectivity index (χ2n) is 4.86. The van der Waals surface area contributed by atoms with E-state index in [-0.39, 0.29) is 21.4 Å². The molecule has 0 saturated carbocycles. The maximum atomic E-state index is 11.9. The minimum atomic E-state index is -0.796. The van der Waals surface area contributed by atoms with Gasteiger partial charge in [-0.2, -0.15) is 0 Å². The van der Waals surface area contributed by atoms with Crippen LogP contribution < -0.4 is 10.6 Å². The first-order valence-corrected chi connectivity index (χ1v) is 8.29. The first kappa shape index (κ1) is 20.0. The summed E-state index contributed by atoms with van der Waals surface area (Å²) < 4.78 is 4.76. The summed E-state index contributed by atoms with van der Waals surface area (Å²) in [5, 5.41) is 5.43. The molecule has 10 heteroatoms. The number of hydrogen-bond acceptors (Lipinski definition) is 5. The number of nitrogens with zero attached hydrogens (tertiary/aromatic N) is 1. The Kier molecular flexibility index (Phi) is 7.20. The number of ether oxygens (including phenoxy) is 1. The number of carbonyl (C=O) groups is 3. The third-order valence-electron chi connectivity index (χ3n) is 2.94. The molecule has 1 aromatic heterocycles. The van der Waals surface area contributed by atoms with Gasteiger partial charge in [0.1, 0.15) is 6.54 Å². The number of aromatic nitrogens is 1. The minimum absolute atomic E-state index is 0.0872. The van der Waals surface area contributed by atoms with Gasteiger partial charge in [-0.1, -0.05) is 46.9 Å². The van der Waals surface area contributed by atoms with Crippen LogP contribution in [0.2, 0.25) is 15.1 Å². The fourth-order valence-corrected chi connectivity index (χ4v) is 2.41. The van der Waals surface area contributed by atoms with E-state index in [0.29, 0.717) is 5.02 Å². The normalized spacial score (nSPS) is 10.1. The fourth-order valence-electron chi connectivity index (χ4n) is 1.76. The number of amides is 2. The molecule has 1 aromatic carbocycles. The summed E-state index contributed by atoms with van der Waals surface area (Å²) >= 11 is 17.4. The van der Waals surface area contributed by atoms with Crippen molar-refractivity contribution < 1.29 is 19.1 Å². The van der Waals surface area contributed by atoms with Gasteiger partial charge in [0.15, 0.2) is 12.4 Å². The average molecular weight is 417 g/mol. The quantitative estimate of drug-likeness (QED) is 0.706. The number of hydrogen-bond donors (Lipinski definition) is 2. The molecule has 2 aromatic rings. The van der Waals surface area contributed by atoms with Gasteiger partial charge in [-0.3, -0.25) is 14.4 Å². The lowest BCUT2D eigenvalue weighted by Crippen LogP contribution is -2.32. The maximum absolute atomic E-state index is 11.9. The molecule has 0 aliphatic carbocycles. The molecule has 0 aliphatic rings. The van der Waals surface area contributed by atoms with E-state index in [9.17, 15) is 14.4 Å². The number of rotatable bonds is 6. The molecule has 0 aliphatic heterocycles. The molecule has 7 nitrogen and oxygen atoms in total. The molecule has 26 heavy (non-hydrogen) atoms. The lowest BCUT2D eigenvalue weighted by atomic mass is 10.2. The fraction of sp³-hybridized carbons (Fsp3) is 0.125. The number of halogens is 3. The highest BCUT2D eigenvalue weighted by Crippen LogP contribution is 2.22. The first-order chi connectivity index (χ1) is 12.4. The van der Waals surface area contributed by atoms with Gasteiger partial charge in [-0.15, -0.1) is 0 Å². The first-order valence-electron chi connectivity index (χ1n) is 7.16. The van der Waals surface area contributed by atoms with Gasteiger partial charge < -0.3 is 15.4 Å². The van der Waals surface area contributed by atoms with Crippen molar-refractivity contribution in [3.05, 3.63) is 57.2 Å². The number of nitrogens with one attached hydrogen (secondary N) is 2. The van der Waals surface area contributed by atoms with Crippen LogP contribution in [-0.2, 0) is 14.3 Å². The number of carbonyl (C=O) groups excluding carboxylic acids is 3. The summed E-state index contributed by atoms with van der Waals surface area (Å²) in [4.78, 5) is 39.1. The molecule has 0 saturated heterocycles. The zero-order chi connectivity index (χ0) is 19.1. The van der Waals surface area contributed by atoms with Crippen LogP contribution in [0.4, 0.5) is 5.82 Å². The summed E-state index contributed by atoms with van der Waals surface area (Å²) in [5.41, 5.74) is 0.225. The van der Waals surface area contributed by atoms with Gasteiger partial charge >= 0.3 is 5.97 Å². The van der Waals surface area contributed by atoms with Gasteiger partial charge in [0.25, 0.3) is 11.8 Å². The predicted octanol–water partition coefficient (Wildman–Crippen LogP) is 2.95. The third-order valence-corrected chi connectivity index (χ3v) is 3.77. The van der Waals surface area contributed by atoms with Crippen LogP contribution in [0.3, 0.4) is 0 Å². The van der Waals surface area contributed by atoms with Crippen LogP contribution in [0, 0.1) is 0 Å². The van der Waals surface area contributed by atoms with Crippen molar-refractivity contribution in [2.24, 2.45) is 0 Å². The number of anilines is 1. The van der Waals surface area contributed by atoms with E-state index in [1.54, 1.807) is 18.2 Å². The van der Waals surface area contributed by atoms with Gasteiger partial charge in [-0.25, -0.2) is 4.98 Å². The Morgan fingerprint density at radius 3 is 2.50 bits per heavy atom. The van der Waals surface area contributed by atoms with Crippen molar-refractivity contribution in [3.63, 3.8) is 0 Å². The third kappa shape index (κ3) is 5.87. The van der Waals surface area contributed by atoms with Crippen molar-refractivity contribution in [2.45, 2.75) is 0 Å². The molecular weight excluding hydrogens is 405 g/mol. The van der Waals surface area contributed by atoms with E-state index in [0.717, 1.165) is 0 Å². The van der Waals surface area contributed by atoms with Gasteiger partial charge in [0.05, 0.1) is 20.6 Å². The van der Waals surface area contributed by atoms with Gasteiger partial charge in [-0.05, 0) is 18.2 Å². The van der Waals surface area contributed by atoms with Gasteiger partial charge in [0.2, 0.25) is 0 Å². The highest BCUT2D eigenvalue weighted by atomic mass is 35.5. The summed E-state index contributed by atoms with van der Waals surface area (Å²) in [5.74, 6) is -1.89. The maximum Gasteiger partial charge on any atom is 0.325 e. The van der Waals surface area contributed by atoms with Crippen LogP contribution in [0.1, 0.15) is 10.4 Å². The molecule has 0 atom stereocenters. The lowest BCUT2D eigenvalue weighted by Gasteiger charge is -2.08. The molecular formula is C16H12Cl3N3O4. The summed E-state index contributed by atoms with van der Waals surface area (Å²) in [6.07, 6.45) is 1.30. The Morgan fingerprint density at radius 2 is 1.81 bits per heavy atom. The molecule has 2 N–H and O–H groups in total. The summed E-state index contributed by atoms with van der Waals surface area (Å²) in [7, 11) is 0. The second kappa shape index (κ2) is 9.38. The topological polar surface area (TPSA) is 97.4 Å². The van der Waals surface area contributed by atoms with E-state index < -0.39 is 30.9 Å². The van der Waals surface area contributed by atoms with Crippen molar-refractivity contribution in [1.82, 2.24) is 10.3 Å². The largest absolute Gasteiger partial charge is 0.454 e. The molecule has 0 spiro atoms. The molecule has 1 heterocycles. The van der Waals surface area contributed by atoms with Crippen molar-refractivity contribution in [1.29, 1.82) is 0 Å². The van der Waals surface area contributed by atoms with Crippen LogP contribution in [-0.4, -0.2) is 35.9 Å². The highest BCUT2D eigenvalue weighted by Gasteiger charge is 2.14. The SMILES string of the molecule is O=C(COC(=O)CNC(=O)c1ccccc1Cl)Nc1ncc(Cl)cc1Cl. The monoisotopic (exact) mass is 415 g/mol. The van der Waals surface area contributed by atoms with Crippen molar-refractivity contribution in [3.8, 4) is 0 Å². The van der Waals surface area contributed by atoms with Crippen molar-refractivity contribution >= 4 is 58.4 Å². The summed E-state index contributed by atoms with van der Waals surface area (Å²) in [6, 6.07) is 7.78. The molecule has 136 valence electrons. The molecule has 2 amide bonds. The lowest BCUT2D eigenvalue weighted by molar-refractivity contribution is -0.146. The summed E-state index contributed by atoms with van der Waals surface area (Å²) in [6.45, 7) is -0.987. The predicted molar refractivity (Wildman–Crippen MR) is 97.6 cm³/mol. The Balaban J connectivity index is 1.77. The standard InChI is InChI=1S/C16H12Cl3N3O4/c17-9-5-12(19)15(20-6-9)22-13(23)8-26-14(24)7-21-16(25)10-3-1-2-4-11(10)18/h1-6H,7-8H2,(H,21,25)(H,20,22,23). The van der Waals surface area contributed by atoms with E-state index in [1.165, 1.54) is 18.3 Å². The second-order valence-corrected chi connectivity index (χ2v) is 6.11. The molecule has 0 bridgehead atoms. The minimum Gasteiger partial charge on any atom is -0.454 e. The Bertz CT molecular complexity index is 845. The zero-order valence-corrected chi connectivity index (χ0v) is 15.4. The van der Waals surface area contributed by atoms with Gasteiger partial charge in [0, 0.05) is 6.20 Å². The van der Waals surface area contributed by atoms with Crippen LogP contribution in [0.25, 0.3) is 0 Å². The van der Waals surface area contributed by atoms with E-state index in [2.05, 4.69) is 15.6 Å². The number of benzene rings is 1. The number of esters is 1. The Hall–Kier alpha value is -2.35. The van der Waals surface area contributed by atoms with Crippen LogP contribution in [0.15, 0.2) is 36.5 Å². The van der Waals surface area contributed by atoms with E-state index in [4.69, 9.17) is 39.5 Å². The Morgan fingerprint density at radius 1 is 1.08 bits per heavy atom. The van der Waals surface area contributed by atoms with Crippen LogP contribution >= 0.6 is 34.8 Å². The van der Waals surface area contributed by atoms with E-state index >= 15 is 0 Å². The smallest absolute Gasteiger partial charge is 0.325 e. The molecule has 0 unspecified atom stereocenters. The van der Waals surface area contributed by atoms with E-state index in [1.807, 2.05) is 0 Å².